The third-order valence-electron chi connectivity index (χ3n) is 3.31. The molecular weight excluding hydrogens is 232 g/mol. The molecule has 1 aromatic rings. The maximum Gasteiger partial charge on any atom is 0.0954 e. The molecule has 0 amide bonds. The Labute approximate surface area is 107 Å². The first-order valence-electron chi connectivity index (χ1n) is 6.46. The predicted octanol–water partition coefficient (Wildman–Crippen LogP) is 2.47. The van der Waals surface area contributed by atoms with E-state index in [2.05, 4.69) is 29.1 Å². The van der Waals surface area contributed by atoms with Gasteiger partial charge in [0.1, 0.15) is 0 Å². The van der Waals surface area contributed by atoms with Crippen molar-refractivity contribution in [3.8, 4) is 0 Å². The van der Waals surface area contributed by atoms with Crippen molar-refractivity contribution in [1.82, 2.24) is 9.88 Å². The lowest BCUT2D eigenvalue weighted by atomic mass is 9.99. The van der Waals surface area contributed by atoms with Crippen molar-refractivity contribution in [1.29, 1.82) is 0 Å². The van der Waals surface area contributed by atoms with E-state index in [1.165, 1.54) is 23.5 Å². The van der Waals surface area contributed by atoms with Gasteiger partial charge >= 0.3 is 0 Å². The molecule has 1 aromatic heterocycles. The van der Waals surface area contributed by atoms with Gasteiger partial charge in [0.2, 0.25) is 0 Å². The maximum atomic E-state index is 9.21. The minimum Gasteiger partial charge on any atom is -0.396 e. The summed E-state index contributed by atoms with van der Waals surface area (Å²) in [5, 5.41) is 12.6. The molecular formula is C13H22N2OS. The van der Waals surface area contributed by atoms with Crippen LogP contribution < -0.4 is 0 Å². The fourth-order valence-corrected chi connectivity index (χ4v) is 3.16. The van der Waals surface area contributed by atoms with Crippen LogP contribution in [-0.2, 0) is 6.54 Å². The highest BCUT2D eigenvalue weighted by atomic mass is 32.1. The second kappa shape index (κ2) is 5.94. The number of likely N-dealkylation sites (tertiary alicyclic amines) is 1. The minimum absolute atomic E-state index is 0.324. The second-order valence-corrected chi connectivity index (χ2v) is 6.15. The second-order valence-electron chi connectivity index (χ2n) is 5.26. The van der Waals surface area contributed by atoms with Crippen molar-refractivity contribution in [3.05, 3.63) is 16.1 Å². The number of aliphatic hydroxyl groups is 1. The fraction of sp³-hybridized carbons (Fsp3) is 0.769. The summed E-state index contributed by atoms with van der Waals surface area (Å²) in [5.41, 5.74) is 1.19. The lowest BCUT2D eigenvalue weighted by molar-refractivity contribution is 0.115. The summed E-state index contributed by atoms with van der Waals surface area (Å²) in [6, 6.07) is 0. The van der Waals surface area contributed by atoms with Gasteiger partial charge in [0.05, 0.1) is 10.7 Å². The van der Waals surface area contributed by atoms with E-state index < -0.39 is 0 Å². The Bertz CT molecular complexity index is 351. The molecule has 17 heavy (non-hydrogen) atoms. The summed E-state index contributed by atoms with van der Waals surface area (Å²) in [6.07, 6.45) is 2.37. The van der Waals surface area contributed by atoms with E-state index in [4.69, 9.17) is 0 Å². The van der Waals surface area contributed by atoms with E-state index in [9.17, 15) is 5.11 Å². The zero-order valence-electron chi connectivity index (χ0n) is 10.7. The van der Waals surface area contributed by atoms with Gasteiger partial charge in [-0.05, 0) is 25.3 Å². The van der Waals surface area contributed by atoms with Gasteiger partial charge in [0.25, 0.3) is 0 Å². The van der Waals surface area contributed by atoms with Crippen LogP contribution in [0.4, 0.5) is 0 Å². The molecule has 2 rings (SSSR count). The average molecular weight is 254 g/mol. The molecule has 1 fully saturated rings. The van der Waals surface area contributed by atoms with Crippen molar-refractivity contribution in [2.24, 2.45) is 5.92 Å². The average Bonchev–Trinajstić information content (AvgIpc) is 2.78. The third kappa shape index (κ3) is 3.50. The van der Waals surface area contributed by atoms with E-state index in [1.807, 2.05) is 0 Å². The number of aromatic nitrogens is 1. The molecule has 0 radical (unpaired) electrons. The maximum absolute atomic E-state index is 9.21. The highest BCUT2D eigenvalue weighted by molar-refractivity contribution is 7.09. The van der Waals surface area contributed by atoms with Gasteiger partial charge in [0, 0.05) is 31.0 Å². The van der Waals surface area contributed by atoms with Crippen LogP contribution in [0, 0.1) is 5.92 Å². The molecule has 1 saturated heterocycles. The number of thiazole rings is 1. The van der Waals surface area contributed by atoms with Crippen LogP contribution in [0.3, 0.4) is 0 Å². The summed E-state index contributed by atoms with van der Waals surface area (Å²) in [6.45, 7) is 7.80. The number of piperidine rings is 1. The Morgan fingerprint density at radius 3 is 3.06 bits per heavy atom. The van der Waals surface area contributed by atoms with Crippen LogP contribution in [0.2, 0.25) is 0 Å². The highest BCUT2D eigenvalue weighted by Gasteiger charge is 2.20. The molecule has 2 heterocycles. The van der Waals surface area contributed by atoms with E-state index in [-0.39, 0.29) is 0 Å². The largest absolute Gasteiger partial charge is 0.396 e. The number of nitrogens with zero attached hydrogens (tertiary/aromatic N) is 2. The van der Waals surface area contributed by atoms with E-state index in [0.717, 1.165) is 19.6 Å². The van der Waals surface area contributed by atoms with Crippen molar-refractivity contribution in [2.75, 3.05) is 19.7 Å². The zero-order valence-corrected chi connectivity index (χ0v) is 11.5. The molecule has 0 bridgehead atoms. The van der Waals surface area contributed by atoms with Gasteiger partial charge in [0.15, 0.2) is 0 Å². The van der Waals surface area contributed by atoms with Crippen LogP contribution in [0.1, 0.15) is 43.3 Å². The summed E-state index contributed by atoms with van der Waals surface area (Å²) < 4.78 is 0. The first kappa shape index (κ1) is 13.0. The van der Waals surface area contributed by atoms with Crippen LogP contribution in [-0.4, -0.2) is 34.7 Å². The monoisotopic (exact) mass is 254 g/mol. The SMILES string of the molecule is CC(C)c1nc(CN2CCCC(CO)C2)cs1. The number of aliphatic hydroxyl groups excluding tert-OH is 1. The first-order valence-corrected chi connectivity index (χ1v) is 7.34. The van der Waals surface area contributed by atoms with Crippen LogP contribution in [0.25, 0.3) is 0 Å². The normalized spacial score (nSPS) is 22.2. The Morgan fingerprint density at radius 1 is 1.59 bits per heavy atom. The van der Waals surface area contributed by atoms with Crippen LogP contribution >= 0.6 is 11.3 Å². The van der Waals surface area contributed by atoms with Crippen molar-refractivity contribution >= 4 is 11.3 Å². The van der Waals surface area contributed by atoms with Crippen molar-refractivity contribution in [3.63, 3.8) is 0 Å². The Hall–Kier alpha value is -0.450. The molecule has 4 heteroatoms. The van der Waals surface area contributed by atoms with Crippen LogP contribution in [0.5, 0.6) is 0 Å². The quantitative estimate of drug-likeness (QED) is 0.896. The Morgan fingerprint density at radius 2 is 2.41 bits per heavy atom. The molecule has 3 nitrogen and oxygen atoms in total. The van der Waals surface area contributed by atoms with Crippen molar-refractivity contribution < 1.29 is 5.11 Å². The standard InChI is InChI=1S/C13H22N2OS/c1-10(2)13-14-12(9-17-13)7-15-5-3-4-11(6-15)8-16/h9-11,16H,3-8H2,1-2H3. The Balaban J connectivity index is 1.91. The van der Waals surface area contributed by atoms with Gasteiger partial charge in [-0.2, -0.15) is 0 Å². The fourth-order valence-electron chi connectivity index (χ4n) is 2.33. The lowest BCUT2D eigenvalue weighted by Gasteiger charge is -2.31. The molecule has 0 aromatic carbocycles. The summed E-state index contributed by atoms with van der Waals surface area (Å²) in [7, 11) is 0. The van der Waals surface area contributed by atoms with E-state index in [0.29, 0.717) is 18.4 Å². The summed E-state index contributed by atoms with van der Waals surface area (Å²) in [4.78, 5) is 7.09. The molecule has 0 saturated carbocycles. The van der Waals surface area contributed by atoms with Gasteiger partial charge in [-0.1, -0.05) is 13.8 Å². The van der Waals surface area contributed by atoms with Gasteiger partial charge in [-0.25, -0.2) is 4.98 Å². The molecule has 0 aliphatic carbocycles. The number of rotatable bonds is 4. The van der Waals surface area contributed by atoms with Crippen molar-refractivity contribution in [2.45, 2.75) is 39.2 Å². The number of hydrogen-bond acceptors (Lipinski definition) is 4. The molecule has 1 N–H and O–H groups in total. The topological polar surface area (TPSA) is 36.4 Å². The van der Waals surface area contributed by atoms with E-state index in [1.54, 1.807) is 11.3 Å². The molecule has 1 unspecified atom stereocenters. The molecule has 1 atom stereocenters. The summed E-state index contributed by atoms with van der Waals surface area (Å²) in [5.74, 6) is 0.993. The summed E-state index contributed by atoms with van der Waals surface area (Å²) >= 11 is 1.77. The van der Waals surface area contributed by atoms with Gasteiger partial charge < -0.3 is 5.11 Å². The lowest BCUT2D eigenvalue weighted by Crippen LogP contribution is -2.36. The van der Waals surface area contributed by atoms with Gasteiger partial charge in [-0.3, -0.25) is 4.90 Å². The van der Waals surface area contributed by atoms with Crippen LogP contribution in [0.15, 0.2) is 5.38 Å². The highest BCUT2D eigenvalue weighted by Crippen LogP contribution is 2.22. The number of hydrogen-bond donors (Lipinski definition) is 1. The first-order chi connectivity index (χ1) is 8.19. The zero-order chi connectivity index (χ0) is 12.3. The third-order valence-corrected chi connectivity index (χ3v) is 4.50. The molecule has 0 spiro atoms. The smallest absolute Gasteiger partial charge is 0.0954 e. The molecule has 96 valence electrons. The van der Waals surface area contributed by atoms with E-state index >= 15 is 0 Å². The molecule has 1 aliphatic rings. The minimum atomic E-state index is 0.324. The Kier molecular flexibility index (Phi) is 4.54. The van der Waals surface area contributed by atoms with Gasteiger partial charge in [-0.15, -0.1) is 11.3 Å². The molecule has 1 aliphatic heterocycles. The predicted molar refractivity (Wildman–Crippen MR) is 71.3 cm³/mol.